The zero-order valence-electron chi connectivity index (χ0n) is 17.2. The Kier molecular flexibility index (Phi) is 5.13. The van der Waals surface area contributed by atoms with Crippen LogP contribution in [0.4, 0.5) is 17.6 Å². The molecule has 3 N–H and O–H groups in total. The maximum absolute atomic E-state index is 5.19. The van der Waals surface area contributed by atoms with Crippen LogP contribution in [0.1, 0.15) is 50.1 Å². The van der Waals surface area contributed by atoms with Crippen molar-refractivity contribution in [3.63, 3.8) is 0 Å². The molecule has 8 heteroatoms. The van der Waals surface area contributed by atoms with Crippen molar-refractivity contribution in [1.29, 1.82) is 0 Å². The third kappa shape index (κ3) is 4.38. The maximum atomic E-state index is 5.19. The predicted octanol–water partition coefficient (Wildman–Crippen LogP) is 3.12. The van der Waals surface area contributed by atoms with E-state index in [1.54, 1.807) is 13.3 Å². The number of likely N-dealkylation sites (tertiary alicyclic amines) is 1. The molecule has 1 saturated heterocycles. The quantitative estimate of drug-likeness (QED) is 0.630. The summed E-state index contributed by atoms with van der Waals surface area (Å²) < 4.78 is 5.19. The van der Waals surface area contributed by atoms with Gasteiger partial charge >= 0.3 is 0 Å². The molecule has 0 unspecified atom stereocenters. The van der Waals surface area contributed by atoms with Gasteiger partial charge in [0.05, 0.1) is 6.61 Å². The Bertz CT molecular complexity index is 818. The van der Waals surface area contributed by atoms with Crippen LogP contribution in [0.5, 0.6) is 0 Å². The summed E-state index contributed by atoms with van der Waals surface area (Å²) in [4.78, 5) is 11.6. The van der Waals surface area contributed by atoms with Gasteiger partial charge in [-0.2, -0.15) is 10.1 Å². The Morgan fingerprint density at radius 3 is 2.79 bits per heavy atom. The number of methoxy groups -OCH3 is 1. The summed E-state index contributed by atoms with van der Waals surface area (Å²) in [5.41, 5.74) is 1.75. The minimum atomic E-state index is 0.454. The fraction of sp³-hybridized carbons (Fsp3) is 0.667. The molecule has 3 heterocycles. The average molecular weight is 398 g/mol. The molecule has 3 aliphatic rings. The second-order valence-corrected chi connectivity index (χ2v) is 9.00. The molecule has 2 aliphatic carbocycles. The topological polar surface area (TPSA) is 91.0 Å². The highest BCUT2D eigenvalue weighted by atomic mass is 16.5. The van der Waals surface area contributed by atoms with Crippen LogP contribution in [0.3, 0.4) is 0 Å². The lowest BCUT2D eigenvalue weighted by molar-refractivity contribution is -0.0398. The molecule has 156 valence electrons. The Hall–Kier alpha value is -2.19. The van der Waals surface area contributed by atoms with Crippen molar-refractivity contribution in [2.24, 2.45) is 5.41 Å². The molecule has 0 bridgehead atoms. The number of nitrogens with one attached hydrogen (secondary N) is 3. The third-order valence-electron chi connectivity index (χ3n) is 6.64. The third-order valence-corrected chi connectivity index (χ3v) is 6.64. The van der Waals surface area contributed by atoms with E-state index in [9.17, 15) is 0 Å². The standard InChI is InChI=1S/C21H31N7O/c1-29-11-10-28-13-21(14-28)7-4-16(5-8-21)23-20-22-9-6-18(25-20)24-19-12-17(26-27-19)15-2-3-15/h6,9,12,15-16H,2-5,7-8,10-11,13-14H2,1H3,(H3,22,23,24,25,26,27). The SMILES string of the molecule is COCCN1CC2(CCC(Nc3nccc(Nc4cc(C5CC5)[nH]n4)n3)CC2)C1. The van der Waals surface area contributed by atoms with Crippen molar-refractivity contribution in [3.8, 4) is 0 Å². The largest absolute Gasteiger partial charge is 0.383 e. The van der Waals surface area contributed by atoms with Gasteiger partial charge in [0.25, 0.3) is 0 Å². The van der Waals surface area contributed by atoms with Crippen molar-refractivity contribution in [2.75, 3.05) is 44.0 Å². The van der Waals surface area contributed by atoms with Crippen LogP contribution in [-0.2, 0) is 4.74 Å². The van der Waals surface area contributed by atoms with Crippen LogP contribution in [0.15, 0.2) is 18.3 Å². The molecule has 5 rings (SSSR count). The lowest BCUT2D eigenvalue weighted by Gasteiger charge is -2.53. The fourth-order valence-corrected chi connectivity index (χ4v) is 4.79. The first-order valence-electron chi connectivity index (χ1n) is 10.8. The Labute approximate surface area is 171 Å². The molecule has 0 atom stereocenters. The molecule has 1 aliphatic heterocycles. The van der Waals surface area contributed by atoms with Crippen molar-refractivity contribution in [3.05, 3.63) is 24.0 Å². The monoisotopic (exact) mass is 397 g/mol. The molecule has 0 amide bonds. The Balaban J connectivity index is 1.11. The molecular formula is C21H31N7O. The van der Waals surface area contributed by atoms with Crippen molar-refractivity contribution in [2.45, 2.75) is 50.5 Å². The van der Waals surface area contributed by atoms with Gasteiger partial charge < -0.3 is 15.4 Å². The first-order chi connectivity index (χ1) is 14.2. The van der Waals surface area contributed by atoms with Gasteiger partial charge in [-0.3, -0.25) is 10.00 Å². The second-order valence-electron chi connectivity index (χ2n) is 9.00. The van der Waals surface area contributed by atoms with Crippen LogP contribution in [0.25, 0.3) is 0 Å². The number of aromatic amines is 1. The van der Waals surface area contributed by atoms with Crippen LogP contribution < -0.4 is 10.6 Å². The van der Waals surface area contributed by atoms with E-state index in [1.807, 2.05) is 6.07 Å². The van der Waals surface area contributed by atoms with Gasteiger partial charge in [-0.1, -0.05) is 0 Å². The lowest BCUT2D eigenvalue weighted by atomic mass is 9.67. The molecule has 2 aromatic rings. The predicted molar refractivity (Wildman–Crippen MR) is 113 cm³/mol. The summed E-state index contributed by atoms with van der Waals surface area (Å²) in [5.74, 6) is 2.96. The summed E-state index contributed by atoms with van der Waals surface area (Å²) in [6.45, 7) is 4.35. The molecule has 1 spiro atoms. The van der Waals surface area contributed by atoms with E-state index in [1.165, 1.54) is 57.3 Å². The number of ether oxygens (including phenoxy) is 1. The maximum Gasteiger partial charge on any atom is 0.224 e. The fourth-order valence-electron chi connectivity index (χ4n) is 4.79. The van der Waals surface area contributed by atoms with E-state index >= 15 is 0 Å². The number of aromatic nitrogens is 4. The molecular weight excluding hydrogens is 366 g/mol. The van der Waals surface area contributed by atoms with Gasteiger partial charge in [0.15, 0.2) is 5.82 Å². The number of hydrogen-bond acceptors (Lipinski definition) is 7. The van der Waals surface area contributed by atoms with E-state index in [0.717, 1.165) is 24.8 Å². The van der Waals surface area contributed by atoms with Crippen LogP contribution in [0, 0.1) is 5.41 Å². The van der Waals surface area contributed by atoms with E-state index in [0.29, 0.717) is 23.3 Å². The smallest absolute Gasteiger partial charge is 0.224 e. The van der Waals surface area contributed by atoms with Crippen LogP contribution >= 0.6 is 0 Å². The number of H-pyrrole nitrogens is 1. The Morgan fingerprint density at radius 1 is 1.21 bits per heavy atom. The first kappa shape index (κ1) is 18.8. The number of anilines is 3. The van der Waals surface area contributed by atoms with E-state index in [2.05, 4.69) is 41.8 Å². The Morgan fingerprint density at radius 2 is 2.03 bits per heavy atom. The van der Waals surface area contributed by atoms with Gasteiger partial charge in [-0.05, 0) is 50.0 Å². The summed E-state index contributed by atoms with van der Waals surface area (Å²) in [7, 11) is 1.78. The lowest BCUT2D eigenvalue weighted by Crippen LogP contribution is -2.58. The zero-order chi connectivity index (χ0) is 19.7. The van der Waals surface area contributed by atoms with Crippen molar-refractivity contribution < 1.29 is 4.74 Å². The molecule has 0 aromatic carbocycles. The van der Waals surface area contributed by atoms with Gasteiger partial charge in [0, 0.05) is 56.7 Å². The normalized spacial score (nSPS) is 21.8. The first-order valence-corrected chi connectivity index (χ1v) is 10.8. The highest BCUT2D eigenvalue weighted by Gasteiger charge is 2.44. The average Bonchev–Trinajstić information content (AvgIpc) is 3.46. The number of nitrogens with zero attached hydrogens (tertiary/aromatic N) is 4. The van der Waals surface area contributed by atoms with Crippen molar-refractivity contribution in [1.82, 2.24) is 25.1 Å². The second kappa shape index (κ2) is 7.91. The molecule has 8 nitrogen and oxygen atoms in total. The summed E-state index contributed by atoms with van der Waals surface area (Å²) in [6.07, 6.45) is 9.25. The van der Waals surface area contributed by atoms with Gasteiger partial charge in [0.2, 0.25) is 5.95 Å². The summed E-state index contributed by atoms with van der Waals surface area (Å²) in [6, 6.07) is 4.42. The molecule has 2 saturated carbocycles. The minimum Gasteiger partial charge on any atom is -0.383 e. The van der Waals surface area contributed by atoms with E-state index in [4.69, 9.17) is 4.74 Å². The summed E-state index contributed by atoms with van der Waals surface area (Å²) >= 11 is 0. The highest BCUT2D eigenvalue weighted by molar-refractivity contribution is 5.53. The summed E-state index contributed by atoms with van der Waals surface area (Å²) in [5, 5.41) is 14.3. The van der Waals surface area contributed by atoms with Gasteiger partial charge in [0.1, 0.15) is 5.82 Å². The van der Waals surface area contributed by atoms with Crippen LogP contribution in [-0.4, -0.2) is 64.5 Å². The van der Waals surface area contributed by atoms with E-state index < -0.39 is 0 Å². The minimum absolute atomic E-state index is 0.454. The molecule has 3 fully saturated rings. The van der Waals surface area contributed by atoms with Gasteiger partial charge in [-0.25, -0.2) is 4.98 Å². The van der Waals surface area contributed by atoms with Crippen molar-refractivity contribution >= 4 is 17.6 Å². The zero-order valence-corrected chi connectivity index (χ0v) is 17.2. The number of hydrogen-bond donors (Lipinski definition) is 3. The van der Waals surface area contributed by atoms with Crippen LogP contribution in [0.2, 0.25) is 0 Å². The van der Waals surface area contributed by atoms with Gasteiger partial charge in [-0.15, -0.1) is 0 Å². The van der Waals surface area contributed by atoms with E-state index in [-0.39, 0.29) is 0 Å². The highest BCUT2D eigenvalue weighted by Crippen LogP contribution is 2.44. The molecule has 29 heavy (non-hydrogen) atoms. The number of rotatable bonds is 8. The molecule has 2 aromatic heterocycles. The molecule has 0 radical (unpaired) electrons.